The molecule has 0 saturated carbocycles. The summed E-state index contributed by atoms with van der Waals surface area (Å²) in [5, 5.41) is 4.57. The predicted octanol–water partition coefficient (Wildman–Crippen LogP) is 5.92. The minimum absolute atomic E-state index is 0.443. The molecule has 0 unspecified atom stereocenters. The fraction of sp³-hybridized carbons (Fsp3) is 0.263. The van der Waals surface area contributed by atoms with E-state index in [4.69, 9.17) is 28.0 Å². The van der Waals surface area contributed by atoms with Crippen molar-refractivity contribution in [2.45, 2.75) is 32.6 Å². The second-order valence-corrected chi connectivity index (χ2v) is 6.22. The molecule has 24 heavy (non-hydrogen) atoms. The Morgan fingerprint density at radius 2 is 1.75 bits per heavy atom. The Hall–Kier alpha value is -1.84. The number of rotatable bonds is 7. The summed E-state index contributed by atoms with van der Waals surface area (Å²) < 4.78 is 0. The standard InChI is InChI=1S/C19H19Cl2NO2/c1-2-3-4-6-14-9-11-15(12-10-14)19(23)24-22-13-16-17(20)7-5-8-18(16)21/h5,7-13H,2-4,6H2,1H3/b22-13-. The van der Waals surface area contributed by atoms with Crippen LogP contribution in [0.15, 0.2) is 47.6 Å². The fourth-order valence-electron chi connectivity index (χ4n) is 2.20. The van der Waals surface area contributed by atoms with E-state index in [2.05, 4.69) is 12.1 Å². The molecule has 126 valence electrons. The smallest absolute Gasteiger partial charge is 0.313 e. The van der Waals surface area contributed by atoms with Crippen molar-refractivity contribution >= 4 is 35.4 Å². The molecule has 2 aromatic carbocycles. The zero-order valence-electron chi connectivity index (χ0n) is 13.5. The van der Waals surface area contributed by atoms with Gasteiger partial charge in [-0.25, -0.2) is 4.79 Å². The zero-order chi connectivity index (χ0) is 17.4. The van der Waals surface area contributed by atoms with Crippen molar-refractivity contribution in [1.29, 1.82) is 0 Å². The van der Waals surface area contributed by atoms with Gasteiger partial charge in [-0.3, -0.25) is 0 Å². The highest BCUT2D eigenvalue weighted by molar-refractivity contribution is 6.38. The molecule has 0 heterocycles. The van der Waals surface area contributed by atoms with E-state index in [0.29, 0.717) is 21.2 Å². The topological polar surface area (TPSA) is 38.7 Å². The third-order valence-corrected chi connectivity index (χ3v) is 4.23. The number of hydrogen-bond acceptors (Lipinski definition) is 3. The van der Waals surface area contributed by atoms with Gasteiger partial charge in [-0.15, -0.1) is 0 Å². The van der Waals surface area contributed by atoms with Crippen molar-refractivity contribution in [3.63, 3.8) is 0 Å². The number of unbranched alkanes of at least 4 members (excludes halogenated alkanes) is 2. The van der Waals surface area contributed by atoms with Crippen LogP contribution in [0, 0.1) is 0 Å². The van der Waals surface area contributed by atoms with Gasteiger partial charge in [-0.2, -0.15) is 0 Å². The van der Waals surface area contributed by atoms with E-state index in [0.717, 1.165) is 12.8 Å². The van der Waals surface area contributed by atoms with Crippen LogP contribution in [0.25, 0.3) is 0 Å². The summed E-state index contributed by atoms with van der Waals surface area (Å²) in [6.45, 7) is 2.18. The van der Waals surface area contributed by atoms with Crippen molar-refractivity contribution in [3.05, 3.63) is 69.2 Å². The van der Waals surface area contributed by atoms with Crippen molar-refractivity contribution in [2.75, 3.05) is 0 Å². The van der Waals surface area contributed by atoms with E-state index >= 15 is 0 Å². The number of carbonyl (C=O) groups is 1. The Balaban J connectivity index is 1.94. The van der Waals surface area contributed by atoms with Crippen LogP contribution in [0.1, 0.15) is 47.7 Å². The predicted molar refractivity (Wildman–Crippen MR) is 99.1 cm³/mol. The molecule has 0 atom stereocenters. The van der Waals surface area contributed by atoms with Gasteiger partial charge in [-0.05, 0) is 42.7 Å². The highest BCUT2D eigenvalue weighted by Crippen LogP contribution is 2.22. The van der Waals surface area contributed by atoms with Crippen LogP contribution in [0.3, 0.4) is 0 Å². The van der Waals surface area contributed by atoms with E-state index < -0.39 is 5.97 Å². The summed E-state index contributed by atoms with van der Waals surface area (Å²) in [6.07, 6.45) is 5.91. The molecule has 0 fully saturated rings. The molecule has 3 nitrogen and oxygen atoms in total. The first-order chi connectivity index (χ1) is 11.6. The summed E-state index contributed by atoms with van der Waals surface area (Å²) in [4.78, 5) is 16.9. The zero-order valence-corrected chi connectivity index (χ0v) is 15.0. The number of carbonyl (C=O) groups excluding carboxylic acids is 1. The van der Waals surface area contributed by atoms with Crippen LogP contribution < -0.4 is 0 Å². The van der Waals surface area contributed by atoms with E-state index in [1.165, 1.54) is 24.6 Å². The average Bonchev–Trinajstić information content (AvgIpc) is 2.58. The Kier molecular flexibility index (Phi) is 7.29. The van der Waals surface area contributed by atoms with Crippen LogP contribution in [-0.4, -0.2) is 12.2 Å². The van der Waals surface area contributed by atoms with Crippen molar-refractivity contribution < 1.29 is 9.63 Å². The van der Waals surface area contributed by atoms with Crippen molar-refractivity contribution in [3.8, 4) is 0 Å². The lowest BCUT2D eigenvalue weighted by Gasteiger charge is -2.03. The maximum atomic E-state index is 12.0. The molecular weight excluding hydrogens is 345 g/mol. The average molecular weight is 364 g/mol. The summed E-state index contributed by atoms with van der Waals surface area (Å²) in [7, 11) is 0. The third-order valence-electron chi connectivity index (χ3n) is 3.58. The largest absolute Gasteiger partial charge is 0.365 e. The molecule has 0 saturated heterocycles. The normalized spacial score (nSPS) is 11.0. The van der Waals surface area contributed by atoms with E-state index in [-0.39, 0.29) is 0 Å². The SMILES string of the molecule is CCCCCc1ccc(C(=O)O/N=C\c2c(Cl)cccc2Cl)cc1. The first-order valence-corrected chi connectivity index (χ1v) is 8.65. The summed E-state index contributed by atoms with van der Waals surface area (Å²) in [5.41, 5.74) is 2.18. The Morgan fingerprint density at radius 1 is 1.08 bits per heavy atom. The molecule has 0 amide bonds. The Labute approximate surface area is 152 Å². The van der Waals surface area contributed by atoms with Crippen LogP contribution >= 0.6 is 23.2 Å². The second-order valence-electron chi connectivity index (χ2n) is 5.40. The van der Waals surface area contributed by atoms with Gasteiger partial charge < -0.3 is 4.84 Å². The first kappa shape index (κ1) is 18.5. The molecule has 2 rings (SSSR count). The lowest BCUT2D eigenvalue weighted by molar-refractivity contribution is 0.0519. The van der Waals surface area contributed by atoms with Crippen LogP contribution in [-0.2, 0) is 11.3 Å². The van der Waals surface area contributed by atoms with E-state index in [1.54, 1.807) is 30.3 Å². The van der Waals surface area contributed by atoms with Gasteiger partial charge in [0.15, 0.2) is 0 Å². The summed E-state index contributed by atoms with van der Waals surface area (Å²) >= 11 is 12.0. The van der Waals surface area contributed by atoms with E-state index in [1.807, 2.05) is 12.1 Å². The van der Waals surface area contributed by atoms with Gasteiger partial charge in [0.1, 0.15) is 0 Å². The maximum Gasteiger partial charge on any atom is 0.365 e. The molecule has 0 spiro atoms. The lowest BCUT2D eigenvalue weighted by atomic mass is 10.1. The second kappa shape index (κ2) is 9.45. The molecular formula is C19H19Cl2NO2. The molecule has 0 aliphatic heterocycles. The number of halogens is 2. The van der Waals surface area contributed by atoms with E-state index in [9.17, 15) is 4.79 Å². The summed E-state index contributed by atoms with van der Waals surface area (Å²) in [6, 6.07) is 12.5. The molecule has 0 N–H and O–H groups in total. The quantitative estimate of drug-likeness (QED) is 0.265. The Bertz CT molecular complexity index is 692. The molecule has 0 aliphatic carbocycles. The minimum Gasteiger partial charge on any atom is -0.313 e. The van der Waals surface area contributed by atoms with Gasteiger partial charge in [0, 0.05) is 5.56 Å². The van der Waals surface area contributed by atoms with Gasteiger partial charge in [0.25, 0.3) is 0 Å². The molecule has 0 bridgehead atoms. The monoisotopic (exact) mass is 363 g/mol. The number of oxime groups is 1. The maximum absolute atomic E-state index is 12.0. The van der Waals surface area contributed by atoms with Crippen LogP contribution in [0.5, 0.6) is 0 Å². The third kappa shape index (κ3) is 5.36. The molecule has 0 aromatic heterocycles. The molecule has 2 aromatic rings. The van der Waals surface area contributed by atoms with Gasteiger partial charge in [0.05, 0.1) is 21.8 Å². The van der Waals surface area contributed by atoms with Crippen LogP contribution in [0.4, 0.5) is 0 Å². The minimum atomic E-state index is -0.519. The fourth-order valence-corrected chi connectivity index (χ4v) is 2.70. The Morgan fingerprint density at radius 3 is 2.38 bits per heavy atom. The lowest BCUT2D eigenvalue weighted by Crippen LogP contribution is -2.01. The summed E-state index contributed by atoms with van der Waals surface area (Å²) in [5.74, 6) is -0.519. The van der Waals surface area contributed by atoms with Gasteiger partial charge in [-0.1, -0.05) is 66.3 Å². The number of nitrogens with zero attached hydrogens (tertiary/aromatic N) is 1. The van der Waals surface area contributed by atoms with Crippen molar-refractivity contribution in [1.82, 2.24) is 0 Å². The number of hydrogen-bond donors (Lipinski definition) is 0. The first-order valence-electron chi connectivity index (χ1n) is 7.89. The number of aryl methyl sites for hydroxylation is 1. The van der Waals surface area contributed by atoms with Crippen LogP contribution in [0.2, 0.25) is 10.0 Å². The number of benzene rings is 2. The van der Waals surface area contributed by atoms with Crippen molar-refractivity contribution in [2.24, 2.45) is 5.16 Å². The highest BCUT2D eigenvalue weighted by Gasteiger charge is 2.07. The molecule has 0 radical (unpaired) electrons. The molecule has 0 aliphatic rings. The highest BCUT2D eigenvalue weighted by atomic mass is 35.5. The van der Waals surface area contributed by atoms with Gasteiger partial charge >= 0.3 is 5.97 Å². The van der Waals surface area contributed by atoms with Gasteiger partial charge in [0.2, 0.25) is 0 Å². The molecule has 5 heteroatoms.